The Morgan fingerprint density at radius 1 is 1.09 bits per heavy atom. The Hall–Kier alpha value is -3.12. The lowest BCUT2D eigenvalue weighted by Gasteiger charge is -2.17. The maximum absolute atomic E-state index is 13.3. The van der Waals surface area contributed by atoms with E-state index >= 15 is 0 Å². The third kappa shape index (κ3) is 10.8. The van der Waals surface area contributed by atoms with Gasteiger partial charge in [0.15, 0.2) is 0 Å². The lowest BCUT2D eigenvalue weighted by molar-refractivity contribution is -0.110. The van der Waals surface area contributed by atoms with Crippen LogP contribution in [0.25, 0.3) is 0 Å². The van der Waals surface area contributed by atoms with E-state index < -0.39 is 11.6 Å². The van der Waals surface area contributed by atoms with Gasteiger partial charge in [-0.3, -0.25) is 9.79 Å². The van der Waals surface area contributed by atoms with Crippen LogP contribution in [0.3, 0.4) is 0 Å². The molecule has 4 nitrogen and oxygen atoms in total. The van der Waals surface area contributed by atoms with E-state index in [1.165, 1.54) is 28.8 Å². The first-order chi connectivity index (χ1) is 16.0. The van der Waals surface area contributed by atoms with Crippen LogP contribution in [0.1, 0.15) is 43.4 Å². The largest absolute Gasteiger partial charge is 0.356 e. The second-order valence-corrected chi connectivity index (χ2v) is 7.93. The zero-order valence-electron chi connectivity index (χ0n) is 19.4. The predicted molar refractivity (Wildman–Crippen MR) is 131 cm³/mol. The highest BCUT2D eigenvalue weighted by atomic mass is 19.1. The molecule has 2 aromatic carbocycles. The van der Waals surface area contributed by atoms with Crippen molar-refractivity contribution in [2.75, 3.05) is 6.54 Å². The van der Waals surface area contributed by atoms with E-state index in [2.05, 4.69) is 53.7 Å². The van der Waals surface area contributed by atoms with Gasteiger partial charge < -0.3 is 10.6 Å². The zero-order valence-corrected chi connectivity index (χ0v) is 19.4. The summed E-state index contributed by atoms with van der Waals surface area (Å²) in [6, 6.07) is 11.7. The highest BCUT2D eigenvalue weighted by Gasteiger charge is 2.10. The first-order valence-electron chi connectivity index (χ1n) is 11.3. The molecule has 176 valence electrons. The number of carbonyl (C=O) groups excluding carboxylic acids is 1. The van der Waals surface area contributed by atoms with Crippen molar-refractivity contribution in [2.45, 2.75) is 52.1 Å². The molecule has 6 heteroatoms. The summed E-state index contributed by atoms with van der Waals surface area (Å²) in [5.41, 5.74) is 4.34. The summed E-state index contributed by atoms with van der Waals surface area (Å²) in [6.45, 7) is 5.64. The number of aryl methyl sites for hydroxylation is 1. The molecule has 1 heterocycles. The third-order valence-electron chi connectivity index (χ3n) is 5.18. The van der Waals surface area contributed by atoms with E-state index in [9.17, 15) is 13.6 Å². The number of benzene rings is 2. The lowest BCUT2D eigenvalue weighted by Crippen LogP contribution is -2.33. The van der Waals surface area contributed by atoms with Gasteiger partial charge in [-0.15, -0.1) is 0 Å². The number of aliphatic imine (C=N–C) groups is 1. The zero-order chi connectivity index (χ0) is 23.9. The Kier molecular flexibility index (Phi) is 11.8. The summed E-state index contributed by atoms with van der Waals surface area (Å²) in [4.78, 5) is 14.7. The number of hydrogen-bond acceptors (Lipinski definition) is 3. The molecule has 2 aromatic rings. The fourth-order valence-electron chi connectivity index (χ4n) is 3.41. The summed E-state index contributed by atoms with van der Waals surface area (Å²) in [5, 5.41) is 6.07. The van der Waals surface area contributed by atoms with Gasteiger partial charge in [0.1, 0.15) is 11.6 Å². The number of carbonyl (C=O) groups is 1. The minimum atomic E-state index is -0.603. The monoisotopic (exact) mass is 453 g/mol. The minimum absolute atomic E-state index is 0.173. The van der Waals surface area contributed by atoms with Crippen LogP contribution < -0.4 is 10.6 Å². The van der Waals surface area contributed by atoms with Gasteiger partial charge in [0.2, 0.25) is 6.41 Å². The molecule has 0 radical (unpaired) electrons. The molecule has 1 atom stereocenters. The first kappa shape index (κ1) is 26.1. The topological polar surface area (TPSA) is 53.5 Å². The summed E-state index contributed by atoms with van der Waals surface area (Å²) in [7, 11) is 0. The van der Waals surface area contributed by atoms with Crippen molar-refractivity contribution in [1.82, 2.24) is 10.6 Å². The normalized spacial score (nSPS) is 13.4. The number of rotatable bonds is 10. The van der Waals surface area contributed by atoms with Gasteiger partial charge in [0, 0.05) is 37.5 Å². The van der Waals surface area contributed by atoms with Crippen molar-refractivity contribution in [1.29, 1.82) is 0 Å². The van der Waals surface area contributed by atoms with Gasteiger partial charge >= 0.3 is 0 Å². The second kappa shape index (κ2) is 14.9. The van der Waals surface area contributed by atoms with Crippen LogP contribution in [0.4, 0.5) is 8.78 Å². The molecule has 0 unspecified atom stereocenters. The molecule has 3 rings (SSSR count). The first-order valence-corrected chi connectivity index (χ1v) is 11.3. The Labute approximate surface area is 195 Å². The second-order valence-electron chi connectivity index (χ2n) is 7.93. The molecule has 33 heavy (non-hydrogen) atoms. The van der Waals surface area contributed by atoms with Crippen molar-refractivity contribution >= 4 is 12.6 Å². The molecule has 0 aliphatic carbocycles. The standard InChI is InChI=1S/C20H24F2N2O.C7H9N/c1-2-15-4-3-5-16(8-15)13-23-7-6-20(24-14-25)11-17-9-18(21)12-19(22)10-17;1-7-3-2-5-8-6-4-7/h3-5,8-10,12,14,20,23H,2,6-7,11,13H2,1H3,(H,24,25);3-6H,2H2,1H3/t20-;/m1./s1. The van der Waals surface area contributed by atoms with Gasteiger partial charge in [-0.25, -0.2) is 8.78 Å². The molecule has 0 bridgehead atoms. The SMILES string of the molecule is CC1=CCC=NC=C1.CCc1cccc(CNCC[C@H](Cc2cc(F)cc(F)c2)NC=O)c1. The molecule has 1 amide bonds. The van der Waals surface area contributed by atoms with Crippen LogP contribution in [0.15, 0.2) is 71.4 Å². The minimum Gasteiger partial charge on any atom is -0.356 e. The fourth-order valence-corrected chi connectivity index (χ4v) is 3.41. The average Bonchev–Trinajstić information content (AvgIpc) is 3.04. The lowest BCUT2D eigenvalue weighted by atomic mass is 10.0. The van der Waals surface area contributed by atoms with Crippen molar-refractivity contribution in [3.63, 3.8) is 0 Å². The molecule has 0 fully saturated rings. The Morgan fingerprint density at radius 2 is 1.85 bits per heavy atom. The van der Waals surface area contributed by atoms with E-state index in [1.54, 1.807) is 0 Å². The van der Waals surface area contributed by atoms with E-state index in [-0.39, 0.29) is 6.04 Å². The van der Waals surface area contributed by atoms with Crippen molar-refractivity contribution < 1.29 is 13.6 Å². The van der Waals surface area contributed by atoms with E-state index in [0.29, 0.717) is 31.4 Å². The number of allylic oxidation sites excluding steroid dienone is 3. The maximum Gasteiger partial charge on any atom is 0.207 e. The molecule has 0 saturated carbocycles. The van der Waals surface area contributed by atoms with E-state index in [4.69, 9.17) is 0 Å². The molecule has 0 saturated heterocycles. The highest BCUT2D eigenvalue weighted by Crippen LogP contribution is 2.11. The fraction of sp³-hybridized carbons (Fsp3) is 0.333. The van der Waals surface area contributed by atoms with Gasteiger partial charge in [-0.2, -0.15) is 0 Å². The number of nitrogens with zero attached hydrogens (tertiary/aromatic N) is 1. The molecular weight excluding hydrogens is 420 g/mol. The summed E-state index contributed by atoms with van der Waals surface area (Å²) in [5.74, 6) is -1.21. The average molecular weight is 454 g/mol. The van der Waals surface area contributed by atoms with Crippen molar-refractivity contribution in [2.24, 2.45) is 4.99 Å². The number of nitrogens with one attached hydrogen (secondary N) is 2. The van der Waals surface area contributed by atoms with Crippen molar-refractivity contribution in [3.05, 3.63) is 94.7 Å². The van der Waals surface area contributed by atoms with Crippen LogP contribution in [-0.4, -0.2) is 25.2 Å². The summed E-state index contributed by atoms with van der Waals surface area (Å²) in [6.07, 6.45) is 11.5. The Morgan fingerprint density at radius 3 is 2.58 bits per heavy atom. The van der Waals surface area contributed by atoms with Gasteiger partial charge in [0.25, 0.3) is 0 Å². The van der Waals surface area contributed by atoms with Gasteiger partial charge in [-0.05, 0) is 67.6 Å². The third-order valence-corrected chi connectivity index (χ3v) is 5.18. The summed E-state index contributed by atoms with van der Waals surface area (Å²) < 4.78 is 26.6. The molecule has 1 aliphatic heterocycles. The Bertz CT molecular complexity index is 947. The molecule has 2 N–H and O–H groups in total. The number of hydrogen-bond donors (Lipinski definition) is 2. The molecular formula is C27H33F2N3O. The summed E-state index contributed by atoms with van der Waals surface area (Å²) >= 11 is 0. The Balaban J connectivity index is 0.000000405. The number of halogens is 2. The van der Waals surface area contributed by atoms with Crippen LogP contribution >= 0.6 is 0 Å². The molecule has 1 aliphatic rings. The maximum atomic E-state index is 13.3. The number of amides is 1. The van der Waals surface area contributed by atoms with Gasteiger partial charge in [-0.1, -0.05) is 42.8 Å². The van der Waals surface area contributed by atoms with Crippen LogP contribution in [0.2, 0.25) is 0 Å². The van der Waals surface area contributed by atoms with E-state index in [0.717, 1.165) is 25.5 Å². The van der Waals surface area contributed by atoms with Crippen molar-refractivity contribution in [3.8, 4) is 0 Å². The predicted octanol–water partition coefficient (Wildman–Crippen LogP) is 5.29. The van der Waals surface area contributed by atoms with Crippen LogP contribution in [0.5, 0.6) is 0 Å². The van der Waals surface area contributed by atoms with Crippen LogP contribution in [0, 0.1) is 11.6 Å². The molecule has 0 aromatic heterocycles. The smallest absolute Gasteiger partial charge is 0.207 e. The highest BCUT2D eigenvalue weighted by molar-refractivity contribution is 5.61. The van der Waals surface area contributed by atoms with Crippen LogP contribution in [-0.2, 0) is 24.2 Å². The van der Waals surface area contributed by atoms with E-state index in [1.807, 2.05) is 24.6 Å². The van der Waals surface area contributed by atoms with Gasteiger partial charge in [0.05, 0.1) is 0 Å². The quantitative estimate of drug-likeness (QED) is 0.380. The molecule has 0 spiro atoms.